The van der Waals surface area contributed by atoms with Gasteiger partial charge in [-0.05, 0) is 97.0 Å². The minimum atomic E-state index is -0.962. The second-order valence-corrected chi connectivity index (χ2v) is 13.1. The summed E-state index contributed by atoms with van der Waals surface area (Å²) in [4.78, 5) is 25.3. The molecular formula is C31H41BN4O7. The first-order valence-corrected chi connectivity index (χ1v) is 14.7. The Bertz CT molecular complexity index is 1490. The van der Waals surface area contributed by atoms with E-state index in [1.807, 2.05) is 27.7 Å². The van der Waals surface area contributed by atoms with Crippen LogP contribution in [0.4, 0.5) is 0 Å². The first kappa shape index (κ1) is 30.8. The Morgan fingerprint density at radius 3 is 2.40 bits per heavy atom. The molecule has 0 radical (unpaired) electrons. The largest absolute Gasteiger partial charge is 0.494 e. The highest BCUT2D eigenvalue weighted by Crippen LogP contribution is 2.37. The van der Waals surface area contributed by atoms with Gasteiger partial charge in [0.25, 0.3) is 11.8 Å². The number of benzene rings is 1. The van der Waals surface area contributed by atoms with Crippen LogP contribution in [0, 0.1) is 0 Å². The molecule has 1 aliphatic carbocycles. The Labute approximate surface area is 252 Å². The Morgan fingerprint density at radius 1 is 1.09 bits per heavy atom. The van der Waals surface area contributed by atoms with E-state index in [1.54, 1.807) is 54.9 Å². The molecule has 2 amide bonds. The fraction of sp³-hybridized carbons (Fsp3) is 0.516. The molecule has 0 atom stereocenters. The van der Waals surface area contributed by atoms with Crippen molar-refractivity contribution in [3.63, 3.8) is 0 Å². The summed E-state index contributed by atoms with van der Waals surface area (Å²) in [7, 11) is -0.591. The van der Waals surface area contributed by atoms with Crippen LogP contribution in [0.2, 0.25) is 0 Å². The van der Waals surface area contributed by atoms with Crippen molar-refractivity contribution >= 4 is 29.9 Å². The fourth-order valence-corrected chi connectivity index (χ4v) is 5.22. The predicted octanol–water partition coefficient (Wildman–Crippen LogP) is 3.00. The van der Waals surface area contributed by atoms with Crippen LogP contribution in [0.15, 0.2) is 42.7 Å². The number of rotatable bonds is 9. The van der Waals surface area contributed by atoms with Crippen LogP contribution in [0.25, 0.3) is 5.52 Å². The first-order chi connectivity index (χ1) is 20.1. The van der Waals surface area contributed by atoms with Gasteiger partial charge in [-0.25, -0.2) is 4.52 Å². The number of fused-ring (bicyclic) bond motifs is 1. The van der Waals surface area contributed by atoms with Gasteiger partial charge in [0.15, 0.2) is 0 Å². The molecule has 0 unspecified atom stereocenters. The van der Waals surface area contributed by atoms with Gasteiger partial charge in [0.1, 0.15) is 18.1 Å². The molecule has 1 saturated heterocycles. The summed E-state index contributed by atoms with van der Waals surface area (Å²) in [6, 6.07) is 8.73. The third-order valence-corrected chi connectivity index (χ3v) is 8.43. The third kappa shape index (κ3) is 6.81. The van der Waals surface area contributed by atoms with E-state index in [9.17, 15) is 14.7 Å². The Morgan fingerprint density at radius 2 is 1.77 bits per heavy atom. The lowest BCUT2D eigenvalue weighted by molar-refractivity contribution is 0.00578. The van der Waals surface area contributed by atoms with E-state index < -0.39 is 29.8 Å². The second kappa shape index (κ2) is 11.5. The molecule has 2 aliphatic rings. The summed E-state index contributed by atoms with van der Waals surface area (Å²) in [5.74, 6) is 0.185. The molecular weight excluding hydrogens is 551 g/mol. The van der Waals surface area contributed by atoms with Crippen molar-refractivity contribution in [2.75, 3.05) is 6.61 Å². The molecule has 2 aromatic heterocycles. The molecule has 11 nitrogen and oxygen atoms in total. The molecule has 1 aromatic carbocycles. The SMILES string of the molecule is CC(C)(O)COc1ccc2c(C(=O)NC3CCC(Oc4cc(B5OC(C)(C)C(C)(C)O5)ccc4C(N)=O)CC3)cnn2c1. The van der Waals surface area contributed by atoms with Gasteiger partial charge in [-0.2, -0.15) is 5.10 Å². The van der Waals surface area contributed by atoms with Crippen LogP contribution in [-0.2, 0) is 9.31 Å². The molecule has 230 valence electrons. The monoisotopic (exact) mass is 592 g/mol. The average Bonchev–Trinajstić information content (AvgIpc) is 3.44. The highest BCUT2D eigenvalue weighted by molar-refractivity contribution is 6.62. The van der Waals surface area contributed by atoms with Crippen molar-refractivity contribution in [2.45, 2.75) is 96.2 Å². The van der Waals surface area contributed by atoms with Crippen LogP contribution in [0.3, 0.4) is 0 Å². The molecule has 3 heterocycles. The highest BCUT2D eigenvalue weighted by atomic mass is 16.7. The van der Waals surface area contributed by atoms with E-state index in [-0.39, 0.29) is 24.7 Å². The number of aliphatic hydroxyl groups is 1. The zero-order valence-electron chi connectivity index (χ0n) is 25.7. The van der Waals surface area contributed by atoms with E-state index in [0.717, 1.165) is 5.46 Å². The lowest BCUT2D eigenvalue weighted by atomic mass is 9.78. The Kier molecular flexibility index (Phi) is 8.23. The molecule has 2 fully saturated rings. The van der Waals surface area contributed by atoms with Crippen molar-refractivity contribution in [1.82, 2.24) is 14.9 Å². The van der Waals surface area contributed by atoms with Gasteiger partial charge >= 0.3 is 7.12 Å². The molecule has 1 saturated carbocycles. The van der Waals surface area contributed by atoms with E-state index >= 15 is 0 Å². The highest BCUT2D eigenvalue weighted by Gasteiger charge is 2.51. The maximum atomic E-state index is 13.1. The number of nitrogens with two attached hydrogens (primary N) is 1. The van der Waals surface area contributed by atoms with Crippen LogP contribution in [0.1, 0.15) is 87.9 Å². The molecule has 0 bridgehead atoms. The van der Waals surface area contributed by atoms with Crippen molar-refractivity contribution in [3.8, 4) is 11.5 Å². The number of carbonyl (C=O) groups is 2. The molecule has 4 N–H and O–H groups in total. The number of nitrogens with one attached hydrogen (secondary N) is 1. The standard InChI is InChI=1S/C31H41BN4O7/c1-29(2,39)18-40-22-12-14-25-24(16-34-36(25)17-22)28(38)35-20-8-10-21(11-9-20)41-26-15-19(7-13-23(26)27(33)37)32-42-30(3,4)31(5,6)43-32/h7,12-17,20-21,39H,8-11,18H2,1-6H3,(H2,33,37)(H,35,38). The van der Waals surface area contributed by atoms with Gasteiger partial charge in [-0.1, -0.05) is 6.07 Å². The summed E-state index contributed by atoms with van der Waals surface area (Å²) in [5, 5.41) is 17.3. The number of nitrogens with zero attached hydrogens (tertiary/aromatic N) is 2. The zero-order valence-corrected chi connectivity index (χ0v) is 25.7. The number of hydrogen-bond donors (Lipinski definition) is 3. The number of amides is 2. The normalized spacial score (nSPS) is 21.5. The number of primary amides is 1. The fourth-order valence-electron chi connectivity index (χ4n) is 5.22. The predicted molar refractivity (Wildman–Crippen MR) is 162 cm³/mol. The molecule has 12 heteroatoms. The van der Waals surface area contributed by atoms with Crippen LogP contribution in [0.5, 0.6) is 11.5 Å². The minimum absolute atomic E-state index is 0.0246. The van der Waals surface area contributed by atoms with Gasteiger partial charge in [0.2, 0.25) is 0 Å². The molecule has 5 rings (SSSR count). The quantitative estimate of drug-likeness (QED) is 0.322. The molecule has 3 aromatic rings. The summed E-state index contributed by atoms with van der Waals surface area (Å²) in [6.45, 7) is 11.4. The Balaban J connectivity index is 1.19. The van der Waals surface area contributed by atoms with E-state index in [1.165, 1.54) is 6.20 Å². The van der Waals surface area contributed by atoms with Crippen LogP contribution in [-0.4, -0.2) is 69.2 Å². The smallest absolute Gasteiger partial charge is 0.490 e. The van der Waals surface area contributed by atoms with Crippen molar-refractivity contribution in [3.05, 3.63) is 53.9 Å². The van der Waals surface area contributed by atoms with Crippen molar-refractivity contribution in [1.29, 1.82) is 0 Å². The Hall–Kier alpha value is -3.61. The number of hydrogen-bond acceptors (Lipinski definition) is 8. The van der Waals surface area contributed by atoms with E-state index in [2.05, 4.69) is 10.4 Å². The summed E-state index contributed by atoms with van der Waals surface area (Å²) < 4.78 is 25.9. The average molecular weight is 593 g/mol. The second-order valence-electron chi connectivity index (χ2n) is 13.1. The number of ether oxygens (including phenoxy) is 2. The third-order valence-electron chi connectivity index (χ3n) is 8.43. The number of pyridine rings is 1. The molecule has 0 spiro atoms. The van der Waals surface area contributed by atoms with Gasteiger partial charge in [0.05, 0.1) is 51.9 Å². The topological polar surface area (TPSA) is 147 Å². The van der Waals surface area contributed by atoms with Gasteiger partial charge in [-0.3, -0.25) is 9.59 Å². The molecule has 43 heavy (non-hydrogen) atoms. The van der Waals surface area contributed by atoms with Gasteiger partial charge in [0, 0.05) is 6.04 Å². The van der Waals surface area contributed by atoms with E-state index in [4.69, 9.17) is 24.5 Å². The maximum absolute atomic E-state index is 13.1. The van der Waals surface area contributed by atoms with Gasteiger partial charge < -0.3 is 34.9 Å². The summed E-state index contributed by atoms with van der Waals surface area (Å²) in [5.41, 5.74) is 5.89. The van der Waals surface area contributed by atoms with Crippen LogP contribution >= 0.6 is 0 Å². The van der Waals surface area contributed by atoms with Crippen molar-refractivity contribution < 1.29 is 33.5 Å². The lowest BCUT2D eigenvalue weighted by Gasteiger charge is -2.32. The van der Waals surface area contributed by atoms with E-state index in [0.29, 0.717) is 53.8 Å². The molecule has 1 aliphatic heterocycles. The van der Waals surface area contributed by atoms with Gasteiger partial charge in [-0.15, -0.1) is 0 Å². The number of carbonyl (C=O) groups excluding carboxylic acids is 2. The van der Waals surface area contributed by atoms with Crippen LogP contribution < -0.4 is 26.0 Å². The number of aromatic nitrogens is 2. The maximum Gasteiger partial charge on any atom is 0.494 e. The summed E-state index contributed by atoms with van der Waals surface area (Å²) >= 11 is 0. The minimum Gasteiger partial charge on any atom is -0.490 e. The lowest BCUT2D eigenvalue weighted by Crippen LogP contribution is -2.41. The van der Waals surface area contributed by atoms with Crippen molar-refractivity contribution in [2.24, 2.45) is 5.73 Å². The zero-order chi connectivity index (χ0) is 31.2. The first-order valence-electron chi connectivity index (χ1n) is 14.7. The summed E-state index contributed by atoms with van der Waals surface area (Å²) in [6.07, 6.45) is 5.90.